The van der Waals surface area contributed by atoms with Gasteiger partial charge in [-0.2, -0.15) is 0 Å². The second-order valence-corrected chi connectivity index (χ2v) is 4.63. The summed E-state index contributed by atoms with van der Waals surface area (Å²) in [6.45, 7) is 6.43. The maximum Gasteiger partial charge on any atom is 0.243 e. The zero-order chi connectivity index (χ0) is 12.9. The fraction of sp³-hybridized carbons (Fsp3) is 0.800. The van der Waals surface area contributed by atoms with E-state index in [1.807, 2.05) is 6.08 Å². The molecule has 2 nitrogen and oxygen atoms in total. The van der Waals surface area contributed by atoms with Crippen LogP contribution in [0.4, 0.5) is 0 Å². The number of nitrogens with one attached hydrogen (secondary N) is 1. The van der Waals surface area contributed by atoms with Crippen molar-refractivity contribution in [1.82, 2.24) is 5.32 Å². The summed E-state index contributed by atoms with van der Waals surface area (Å²) >= 11 is 0. The minimum Gasteiger partial charge on any atom is -0.350 e. The molecule has 0 spiro atoms. The standard InChI is InChI=1S/C15H29NO/c1-4-7-8-9-10-11-12-13-15(17)16-14(5-2)6-3/h12-14H,4-11H2,1-3H3,(H,16,17). The predicted octanol–water partition coefficient (Wildman–Crippen LogP) is 4.21. The molecule has 0 radical (unpaired) electrons. The van der Waals surface area contributed by atoms with Crippen LogP contribution in [-0.4, -0.2) is 11.9 Å². The van der Waals surface area contributed by atoms with Crippen LogP contribution < -0.4 is 5.32 Å². The molecule has 0 bridgehead atoms. The lowest BCUT2D eigenvalue weighted by Crippen LogP contribution is -2.32. The van der Waals surface area contributed by atoms with Gasteiger partial charge in [-0.1, -0.05) is 52.5 Å². The van der Waals surface area contributed by atoms with E-state index in [9.17, 15) is 4.79 Å². The largest absolute Gasteiger partial charge is 0.350 e. The van der Waals surface area contributed by atoms with Crippen molar-refractivity contribution >= 4 is 5.91 Å². The van der Waals surface area contributed by atoms with Gasteiger partial charge in [0.05, 0.1) is 0 Å². The fourth-order valence-corrected chi connectivity index (χ4v) is 1.80. The third-order valence-electron chi connectivity index (χ3n) is 3.08. The zero-order valence-corrected chi connectivity index (χ0v) is 11.8. The fourth-order valence-electron chi connectivity index (χ4n) is 1.80. The second-order valence-electron chi connectivity index (χ2n) is 4.63. The number of unbranched alkanes of at least 4 members (excludes halogenated alkanes) is 5. The first kappa shape index (κ1) is 16.2. The molecule has 0 unspecified atom stereocenters. The highest BCUT2D eigenvalue weighted by Gasteiger charge is 2.04. The molecular formula is C15H29NO. The van der Waals surface area contributed by atoms with Gasteiger partial charge in [-0.25, -0.2) is 0 Å². The van der Waals surface area contributed by atoms with Crippen LogP contribution in [0.2, 0.25) is 0 Å². The van der Waals surface area contributed by atoms with Gasteiger partial charge >= 0.3 is 0 Å². The third kappa shape index (κ3) is 10.1. The Labute approximate surface area is 107 Å². The van der Waals surface area contributed by atoms with Gasteiger partial charge in [0.1, 0.15) is 0 Å². The maximum atomic E-state index is 11.5. The minimum atomic E-state index is 0.0623. The molecule has 0 aliphatic rings. The van der Waals surface area contributed by atoms with Crippen molar-refractivity contribution in [3.8, 4) is 0 Å². The highest BCUT2D eigenvalue weighted by atomic mass is 16.1. The number of allylic oxidation sites excluding steroid dienone is 1. The number of carbonyl (C=O) groups is 1. The van der Waals surface area contributed by atoms with Crippen molar-refractivity contribution in [3.63, 3.8) is 0 Å². The first-order valence-electron chi connectivity index (χ1n) is 7.21. The van der Waals surface area contributed by atoms with Gasteiger partial charge in [-0.15, -0.1) is 0 Å². The molecule has 0 saturated heterocycles. The van der Waals surface area contributed by atoms with E-state index in [1.54, 1.807) is 6.08 Å². The molecule has 0 aromatic rings. The summed E-state index contributed by atoms with van der Waals surface area (Å²) in [6, 6.07) is 0.330. The van der Waals surface area contributed by atoms with Crippen LogP contribution in [0.3, 0.4) is 0 Å². The monoisotopic (exact) mass is 239 g/mol. The first-order chi connectivity index (χ1) is 8.24. The van der Waals surface area contributed by atoms with Gasteiger partial charge in [0.15, 0.2) is 0 Å². The number of hydrogen-bond donors (Lipinski definition) is 1. The molecular weight excluding hydrogens is 210 g/mol. The van der Waals surface area contributed by atoms with Gasteiger partial charge in [-0.3, -0.25) is 4.79 Å². The SMILES string of the molecule is CCCCCCCC=CC(=O)NC(CC)CC. The van der Waals surface area contributed by atoms with E-state index in [0.717, 1.165) is 19.3 Å². The van der Waals surface area contributed by atoms with Gasteiger partial charge < -0.3 is 5.32 Å². The second kappa shape index (κ2) is 11.7. The van der Waals surface area contributed by atoms with Crippen molar-refractivity contribution in [2.24, 2.45) is 0 Å². The summed E-state index contributed by atoms with van der Waals surface area (Å²) in [5, 5.41) is 3.00. The van der Waals surface area contributed by atoms with E-state index >= 15 is 0 Å². The molecule has 0 aliphatic heterocycles. The van der Waals surface area contributed by atoms with E-state index in [0.29, 0.717) is 6.04 Å². The summed E-state index contributed by atoms with van der Waals surface area (Å²) < 4.78 is 0. The number of rotatable bonds is 10. The predicted molar refractivity (Wildman–Crippen MR) is 75.0 cm³/mol. The average molecular weight is 239 g/mol. The van der Waals surface area contributed by atoms with Crippen LogP contribution in [0.15, 0.2) is 12.2 Å². The molecule has 0 aromatic heterocycles. The van der Waals surface area contributed by atoms with Crippen LogP contribution in [0.25, 0.3) is 0 Å². The lowest BCUT2D eigenvalue weighted by molar-refractivity contribution is -0.117. The molecule has 0 heterocycles. The summed E-state index contributed by atoms with van der Waals surface area (Å²) in [6.07, 6.45) is 13.2. The topological polar surface area (TPSA) is 29.1 Å². The number of amides is 1. The quantitative estimate of drug-likeness (QED) is 0.449. The van der Waals surface area contributed by atoms with Crippen LogP contribution in [0, 0.1) is 0 Å². The summed E-state index contributed by atoms with van der Waals surface area (Å²) in [5.74, 6) is 0.0623. The molecule has 0 aliphatic carbocycles. The zero-order valence-electron chi connectivity index (χ0n) is 11.8. The number of carbonyl (C=O) groups excluding carboxylic acids is 1. The molecule has 0 aromatic carbocycles. The van der Waals surface area contributed by atoms with Crippen molar-refractivity contribution in [3.05, 3.63) is 12.2 Å². The van der Waals surface area contributed by atoms with E-state index in [-0.39, 0.29) is 5.91 Å². The highest BCUT2D eigenvalue weighted by Crippen LogP contribution is 2.05. The summed E-state index contributed by atoms with van der Waals surface area (Å²) in [5.41, 5.74) is 0. The van der Waals surface area contributed by atoms with Gasteiger partial charge in [-0.05, 0) is 31.8 Å². The molecule has 0 fully saturated rings. The Bertz CT molecular complexity index is 207. The van der Waals surface area contributed by atoms with E-state index in [4.69, 9.17) is 0 Å². The Morgan fingerprint density at radius 1 is 1.06 bits per heavy atom. The highest BCUT2D eigenvalue weighted by molar-refractivity contribution is 5.87. The molecule has 0 atom stereocenters. The average Bonchev–Trinajstić information content (AvgIpc) is 2.34. The van der Waals surface area contributed by atoms with Crippen molar-refractivity contribution in [2.75, 3.05) is 0 Å². The van der Waals surface area contributed by atoms with Crippen LogP contribution in [-0.2, 0) is 4.79 Å². The van der Waals surface area contributed by atoms with Crippen molar-refractivity contribution in [1.29, 1.82) is 0 Å². The van der Waals surface area contributed by atoms with Crippen molar-refractivity contribution in [2.45, 2.75) is 78.2 Å². The van der Waals surface area contributed by atoms with Crippen LogP contribution in [0.5, 0.6) is 0 Å². The Morgan fingerprint density at radius 2 is 1.71 bits per heavy atom. The molecule has 17 heavy (non-hydrogen) atoms. The third-order valence-corrected chi connectivity index (χ3v) is 3.08. The summed E-state index contributed by atoms with van der Waals surface area (Å²) in [7, 11) is 0. The van der Waals surface area contributed by atoms with Crippen molar-refractivity contribution < 1.29 is 4.79 Å². The molecule has 2 heteroatoms. The van der Waals surface area contributed by atoms with Crippen LogP contribution >= 0.6 is 0 Å². The Morgan fingerprint density at radius 3 is 2.29 bits per heavy atom. The molecule has 1 amide bonds. The van der Waals surface area contributed by atoms with Gasteiger partial charge in [0.2, 0.25) is 5.91 Å². The molecule has 1 N–H and O–H groups in total. The van der Waals surface area contributed by atoms with Gasteiger partial charge in [0, 0.05) is 6.04 Å². The van der Waals surface area contributed by atoms with Crippen LogP contribution in [0.1, 0.15) is 72.1 Å². The Hall–Kier alpha value is -0.790. The smallest absolute Gasteiger partial charge is 0.243 e. The minimum absolute atomic E-state index is 0.0623. The lowest BCUT2D eigenvalue weighted by atomic mass is 10.1. The Kier molecular flexibility index (Phi) is 11.1. The van der Waals surface area contributed by atoms with E-state index < -0.39 is 0 Å². The Balaban J connectivity index is 3.53. The van der Waals surface area contributed by atoms with Gasteiger partial charge in [0.25, 0.3) is 0 Å². The van der Waals surface area contributed by atoms with E-state index in [2.05, 4.69) is 26.1 Å². The molecule has 100 valence electrons. The van der Waals surface area contributed by atoms with E-state index in [1.165, 1.54) is 32.1 Å². The summed E-state index contributed by atoms with van der Waals surface area (Å²) in [4.78, 5) is 11.5. The first-order valence-corrected chi connectivity index (χ1v) is 7.21. The normalized spacial score (nSPS) is 11.3. The molecule has 0 rings (SSSR count). The molecule has 0 saturated carbocycles. The number of hydrogen-bond acceptors (Lipinski definition) is 1. The maximum absolute atomic E-state index is 11.5. The lowest BCUT2D eigenvalue weighted by Gasteiger charge is -2.12.